The monoisotopic (exact) mass is 1050 g/mol. The van der Waals surface area contributed by atoms with Crippen LogP contribution in [0.2, 0.25) is 0 Å². The molecule has 3 aliphatic rings. The van der Waals surface area contributed by atoms with E-state index in [4.69, 9.17) is 24.7 Å². The summed E-state index contributed by atoms with van der Waals surface area (Å²) in [5, 5.41) is 113. The Kier molecular flexibility index (Phi) is 27.5. The van der Waals surface area contributed by atoms with Gasteiger partial charge in [-0.25, -0.2) is 10.2 Å². The lowest BCUT2D eigenvalue weighted by molar-refractivity contribution is -0.307. The predicted molar refractivity (Wildman–Crippen MR) is 266 cm³/mol. The molecule has 0 aromatic carbocycles. The summed E-state index contributed by atoms with van der Waals surface area (Å²) in [5.74, 6) is -7.20. The summed E-state index contributed by atoms with van der Waals surface area (Å²) in [6.45, 7) is 6.19. The van der Waals surface area contributed by atoms with Crippen molar-refractivity contribution < 1.29 is 93.9 Å². The summed E-state index contributed by atoms with van der Waals surface area (Å²) >= 11 is 0. The van der Waals surface area contributed by atoms with Gasteiger partial charge in [0.2, 0.25) is 11.8 Å². The van der Waals surface area contributed by atoms with Crippen molar-refractivity contribution in [3.63, 3.8) is 0 Å². The molecule has 3 amide bonds. The third kappa shape index (κ3) is 21.5. The van der Waals surface area contributed by atoms with Crippen LogP contribution in [0.15, 0.2) is 85.1 Å². The van der Waals surface area contributed by atoms with Crippen LogP contribution in [0.3, 0.4) is 0 Å². The zero-order valence-electron chi connectivity index (χ0n) is 42.6. The zero-order chi connectivity index (χ0) is 55.1. The lowest BCUT2D eigenvalue weighted by Crippen LogP contribution is -2.64. The molecule has 3 rings (SSSR count). The predicted octanol–water partition coefficient (Wildman–Crippen LogP) is -0.869. The van der Waals surface area contributed by atoms with E-state index in [1.165, 1.54) is 13.0 Å². The molecule has 0 radical (unpaired) electrons. The Morgan fingerprint density at radius 1 is 0.689 bits per heavy atom. The zero-order valence-corrected chi connectivity index (χ0v) is 42.6. The molecule has 0 aromatic heterocycles. The maximum absolute atomic E-state index is 13.6. The first-order valence-electron chi connectivity index (χ1n) is 24.8. The number of fused-ring (bicyclic) bond motifs is 2. The summed E-state index contributed by atoms with van der Waals surface area (Å²) in [6, 6.07) is -1.31. The smallest absolute Gasteiger partial charge is 0.425 e. The van der Waals surface area contributed by atoms with Gasteiger partial charge in [-0.3, -0.25) is 19.8 Å². The van der Waals surface area contributed by atoms with Crippen molar-refractivity contribution in [3.05, 3.63) is 85.1 Å². The minimum atomic E-state index is -2.41. The molecular weight excluding hydrogens is 973 g/mol. The van der Waals surface area contributed by atoms with E-state index in [9.17, 15) is 70.2 Å². The largest absolute Gasteiger partial charge is 0.462 e. The van der Waals surface area contributed by atoms with Gasteiger partial charge in [0, 0.05) is 37.5 Å². The van der Waals surface area contributed by atoms with Crippen molar-refractivity contribution in [1.29, 1.82) is 0 Å². The molecule has 23 heteroatoms. The fourth-order valence-electron chi connectivity index (χ4n) is 8.62. The van der Waals surface area contributed by atoms with Gasteiger partial charge >= 0.3 is 12.1 Å². The van der Waals surface area contributed by atoms with Crippen LogP contribution < -0.4 is 21.9 Å². The number of esters is 1. The number of carbonyl (C=O) groups is 4. The first kappa shape index (κ1) is 63.6. The fraction of sp³-hybridized carbons (Fsp3) is 0.647. The van der Waals surface area contributed by atoms with E-state index in [1.54, 1.807) is 86.8 Å². The van der Waals surface area contributed by atoms with Gasteiger partial charge in [-0.1, -0.05) is 98.9 Å². The number of rotatable bonds is 5. The van der Waals surface area contributed by atoms with Crippen molar-refractivity contribution in [2.45, 2.75) is 177 Å². The number of allylic oxidation sites excluding steroid dienone is 12. The van der Waals surface area contributed by atoms with Crippen LogP contribution in [-0.2, 0) is 38.1 Å². The standard InChI is InChI=1S/C51H80N4O19/c1-29-18-16-14-12-10-8-6-7-9-11-13-15-17-19-36(73-49-47(66)44(53-41(62)28-52)46(65)32(4)72-49)25-40-43(48(67)54-55-50(68)70-5)39(61)27-51(69,74-40)26-35(58)23-38(60)37(59)21-20-33(56)22-34(57)24-42(63)71-31(3)30(2)45(29)64/h6-19,29-40,43-47,49,56-61,64-66,69H,20-28,52H2,1-5H3,(H,53,62)(H,54,67)(H,55,68)/b7-6+,10-8+,11-9+,14-12+,15-13+,18-16+,19-17+/t29-,30-,31-,32+,33+,34+,35-,36-,37+,38+,39-,40-,43+,44-,45+,46+,47-,49-,51+/m0/s1. The third-order valence-corrected chi connectivity index (χ3v) is 13.0. The topological polar surface area (TPSA) is 379 Å². The third-order valence-electron chi connectivity index (χ3n) is 13.0. The van der Waals surface area contributed by atoms with E-state index in [0.29, 0.717) is 0 Å². The minimum absolute atomic E-state index is 0.140. The fourth-order valence-corrected chi connectivity index (χ4v) is 8.62. The quantitative estimate of drug-likeness (QED) is 0.118. The molecule has 0 aliphatic carbocycles. The van der Waals surface area contributed by atoms with Gasteiger partial charge in [0.25, 0.3) is 0 Å². The van der Waals surface area contributed by atoms with Crippen molar-refractivity contribution in [2.75, 3.05) is 13.7 Å². The first-order valence-corrected chi connectivity index (χ1v) is 24.8. The molecule has 0 unspecified atom stereocenters. The lowest BCUT2D eigenvalue weighted by atomic mass is 9.82. The summed E-state index contributed by atoms with van der Waals surface area (Å²) in [7, 11) is 1.04. The number of carbonyl (C=O) groups excluding carboxylic acids is 4. The van der Waals surface area contributed by atoms with Crippen molar-refractivity contribution in [2.24, 2.45) is 23.5 Å². The van der Waals surface area contributed by atoms with Gasteiger partial charge < -0.3 is 85.8 Å². The number of amides is 3. The number of ether oxygens (including phenoxy) is 5. The van der Waals surface area contributed by atoms with E-state index in [2.05, 4.69) is 15.5 Å². The number of hydrazine groups is 1. The summed E-state index contributed by atoms with van der Waals surface area (Å²) in [6.07, 6.45) is 0.489. The van der Waals surface area contributed by atoms with E-state index in [-0.39, 0.29) is 25.2 Å². The van der Waals surface area contributed by atoms with Crippen LogP contribution in [-0.4, -0.2) is 186 Å². The van der Waals surface area contributed by atoms with E-state index < -0.39 is 172 Å². The normalized spacial score (nSPS) is 41.1. The minimum Gasteiger partial charge on any atom is -0.462 e. The molecule has 418 valence electrons. The van der Waals surface area contributed by atoms with Crippen LogP contribution >= 0.6 is 0 Å². The summed E-state index contributed by atoms with van der Waals surface area (Å²) in [5.41, 5.74) is 9.61. The summed E-state index contributed by atoms with van der Waals surface area (Å²) < 4.78 is 28.2. The number of cyclic esters (lactones) is 1. The van der Waals surface area contributed by atoms with E-state index in [0.717, 1.165) is 7.11 Å². The Hall–Kier alpha value is -4.70. The van der Waals surface area contributed by atoms with Crippen LogP contribution in [0.4, 0.5) is 4.79 Å². The second-order valence-corrected chi connectivity index (χ2v) is 19.1. The average molecular weight is 1050 g/mol. The van der Waals surface area contributed by atoms with Gasteiger partial charge in [-0.15, -0.1) is 0 Å². The Balaban J connectivity index is 1.98. The Morgan fingerprint density at radius 2 is 1.28 bits per heavy atom. The van der Waals surface area contributed by atoms with Crippen molar-refractivity contribution >= 4 is 23.9 Å². The van der Waals surface area contributed by atoms with Gasteiger partial charge in [0.05, 0.1) is 93.1 Å². The highest BCUT2D eigenvalue weighted by Gasteiger charge is 2.51. The number of hydrogen-bond acceptors (Lipinski definition) is 20. The Labute approximate surface area is 431 Å². The molecular formula is C51H80N4O19. The molecule has 15 N–H and O–H groups in total. The number of aliphatic hydroxyl groups is 10. The maximum atomic E-state index is 13.6. The van der Waals surface area contributed by atoms with Gasteiger partial charge in [0.15, 0.2) is 12.1 Å². The molecule has 0 aromatic rings. The SMILES string of the molecule is COC(=O)NNC(=O)[C@H]1[C@@H]2C[C@@H](O[C@@H]3O[C@H](C)[C@@H](O)[C@H](NC(=O)CN)[C@@H]3O)/C=C/C=C/C=C/C=C/C=C/C=C/C=C/[C@H](C)[C@@H](O)[C@@H](C)[C@H](C)OC(=O)C[C@H](O)C[C@H](O)CC[C@@H](O)[C@H](O)C[C@H](O)C[C@](O)(C[C@@H]1O)O2. The molecule has 3 heterocycles. The lowest BCUT2D eigenvalue weighted by Gasteiger charge is -2.46. The molecule has 19 atom stereocenters. The molecule has 2 fully saturated rings. The van der Waals surface area contributed by atoms with Crippen LogP contribution in [0, 0.1) is 17.8 Å². The Bertz CT molecular complexity index is 1970. The average Bonchev–Trinajstić information content (AvgIpc) is 3.33. The summed E-state index contributed by atoms with van der Waals surface area (Å²) in [4.78, 5) is 50.5. The Morgan fingerprint density at radius 3 is 1.88 bits per heavy atom. The second kappa shape index (κ2) is 32.0. The molecule has 23 nitrogen and oxygen atoms in total. The molecule has 2 bridgehead atoms. The first-order chi connectivity index (χ1) is 35.0. The number of hydrogen-bond donors (Lipinski definition) is 14. The van der Waals surface area contributed by atoms with Gasteiger partial charge in [-0.05, 0) is 33.1 Å². The van der Waals surface area contributed by atoms with Crippen LogP contribution in [0.5, 0.6) is 0 Å². The van der Waals surface area contributed by atoms with Gasteiger partial charge in [0.1, 0.15) is 18.3 Å². The highest BCUT2D eigenvalue weighted by atomic mass is 16.7. The van der Waals surface area contributed by atoms with E-state index in [1.807, 2.05) is 18.4 Å². The van der Waals surface area contributed by atoms with Crippen molar-refractivity contribution in [1.82, 2.24) is 16.2 Å². The van der Waals surface area contributed by atoms with Gasteiger partial charge in [-0.2, -0.15) is 0 Å². The molecule has 0 spiro atoms. The van der Waals surface area contributed by atoms with E-state index >= 15 is 0 Å². The molecule has 2 saturated heterocycles. The second-order valence-electron chi connectivity index (χ2n) is 19.1. The van der Waals surface area contributed by atoms with Crippen LogP contribution in [0.1, 0.15) is 79.1 Å². The van der Waals surface area contributed by atoms with Crippen molar-refractivity contribution in [3.8, 4) is 0 Å². The highest BCUT2D eigenvalue weighted by molar-refractivity contribution is 5.82. The molecule has 0 saturated carbocycles. The molecule has 74 heavy (non-hydrogen) atoms. The molecule has 3 aliphatic heterocycles. The highest BCUT2D eigenvalue weighted by Crippen LogP contribution is 2.38. The number of methoxy groups -OCH3 is 1. The number of nitrogens with one attached hydrogen (secondary N) is 3. The number of aliphatic hydroxyl groups excluding tert-OH is 9. The van der Waals surface area contributed by atoms with Crippen LogP contribution in [0.25, 0.3) is 0 Å². The maximum Gasteiger partial charge on any atom is 0.425 e. The number of nitrogens with two attached hydrogens (primary N) is 1.